The zero-order valence-electron chi connectivity index (χ0n) is 17.8. The molecule has 33 heavy (non-hydrogen) atoms. The number of aromatic nitrogens is 1. The summed E-state index contributed by atoms with van der Waals surface area (Å²) in [4.78, 5) is 50.9. The number of thioether (sulfide) groups is 1. The number of imide groups is 1. The highest BCUT2D eigenvalue weighted by atomic mass is 32.2. The Kier molecular flexibility index (Phi) is 6.60. The van der Waals surface area contributed by atoms with Crippen molar-refractivity contribution in [3.05, 3.63) is 76.8 Å². The van der Waals surface area contributed by atoms with Gasteiger partial charge in [-0.05, 0) is 29.5 Å². The number of ether oxygens (including phenoxy) is 1. The van der Waals surface area contributed by atoms with E-state index >= 15 is 0 Å². The number of carbonyl (C=O) groups excluding carboxylic acids is 4. The molecular weight excluding hydrogens is 442 g/mol. The first-order valence-electron chi connectivity index (χ1n) is 10.2. The van der Waals surface area contributed by atoms with E-state index in [1.165, 1.54) is 7.11 Å². The van der Waals surface area contributed by atoms with Crippen molar-refractivity contribution in [3.8, 4) is 0 Å². The molecule has 1 saturated heterocycles. The van der Waals surface area contributed by atoms with Crippen LogP contribution in [0.25, 0.3) is 17.0 Å². The molecule has 0 atom stereocenters. The minimum absolute atomic E-state index is 0.0205. The third-order valence-corrected chi connectivity index (χ3v) is 6.04. The van der Waals surface area contributed by atoms with Crippen molar-refractivity contribution in [2.24, 2.45) is 0 Å². The maximum absolute atomic E-state index is 12.6. The first kappa shape index (κ1) is 22.3. The van der Waals surface area contributed by atoms with Crippen molar-refractivity contribution in [2.45, 2.75) is 6.54 Å². The van der Waals surface area contributed by atoms with Crippen LogP contribution in [-0.2, 0) is 20.9 Å². The highest BCUT2D eigenvalue weighted by molar-refractivity contribution is 8.18. The Hall–Kier alpha value is -3.85. The SMILES string of the molecule is COC(=O)c1cn(CC(=O)NCCN2C(=O)S/C(=C\c3ccccc3)C2=O)c2ccccc12. The summed E-state index contributed by atoms with van der Waals surface area (Å²) in [7, 11) is 1.31. The second-order valence-corrected chi connectivity index (χ2v) is 8.27. The zero-order chi connectivity index (χ0) is 23.4. The summed E-state index contributed by atoms with van der Waals surface area (Å²) in [6.45, 7) is 0.175. The fourth-order valence-corrected chi connectivity index (χ4v) is 4.43. The lowest BCUT2D eigenvalue weighted by Gasteiger charge is -2.13. The van der Waals surface area contributed by atoms with Gasteiger partial charge >= 0.3 is 5.97 Å². The molecule has 2 aromatic carbocycles. The second kappa shape index (κ2) is 9.74. The van der Waals surface area contributed by atoms with E-state index in [1.807, 2.05) is 48.5 Å². The van der Waals surface area contributed by atoms with Crippen LogP contribution in [-0.4, -0.2) is 52.7 Å². The molecule has 1 N–H and O–H groups in total. The second-order valence-electron chi connectivity index (χ2n) is 7.27. The molecule has 8 nitrogen and oxygen atoms in total. The van der Waals surface area contributed by atoms with Crippen LogP contribution in [0.2, 0.25) is 0 Å². The van der Waals surface area contributed by atoms with E-state index in [9.17, 15) is 19.2 Å². The molecule has 3 amide bonds. The maximum Gasteiger partial charge on any atom is 0.340 e. The van der Waals surface area contributed by atoms with Crippen molar-refractivity contribution in [3.63, 3.8) is 0 Å². The fourth-order valence-electron chi connectivity index (χ4n) is 3.56. The van der Waals surface area contributed by atoms with E-state index in [4.69, 9.17) is 4.74 Å². The van der Waals surface area contributed by atoms with Crippen LogP contribution >= 0.6 is 11.8 Å². The van der Waals surface area contributed by atoms with Gasteiger partial charge in [-0.1, -0.05) is 48.5 Å². The summed E-state index contributed by atoms with van der Waals surface area (Å²) < 4.78 is 6.49. The number of hydrogen-bond donors (Lipinski definition) is 1. The number of benzene rings is 2. The lowest BCUT2D eigenvalue weighted by molar-refractivity contribution is -0.124. The van der Waals surface area contributed by atoms with Gasteiger partial charge in [0.15, 0.2) is 0 Å². The Morgan fingerprint density at radius 3 is 2.55 bits per heavy atom. The summed E-state index contributed by atoms with van der Waals surface area (Å²) in [5.74, 6) is -1.16. The maximum atomic E-state index is 12.6. The number of nitrogens with one attached hydrogen (secondary N) is 1. The van der Waals surface area contributed by atoms with Crippen LogP contribution in [0.4, 0.5) is 4.79 Å². The molecule has 2 heterocycles. The van der Waals surface area contributed by atoms with Crippen molar-refractivity contribution < 1.29 is 23.9 Å². The minimum atomic E-state index is -0.478. The Morgan fingerprint density at radius 1 is 1.06 bits per heavy atom. The summed E-state index contributed by atoms with van der Waals surface area (Å²) in [6, 6.07) is 16.5. The molecule has 0 unspecified atom stereocenters. The fraction of sp³-hybridized carbons (Fsp3) is 0.167. The molecule has 168 valence electrons. The van der Waals surface area contributed by atoms with E-state index in [1.54, 1.807) is 22.9 Å². The summed E-state index contributed by atoms with van der Waals surface area (Å²) in [5.41, 5.74) is 1.94. The number of hydrogen-bond acceptors (Lipinski definition) is 6. The lowest BCUT2D eigenvalue weighted by atomic mass is 10.2. The Balaban J connectivity index is 1.37. The third-order valence-electron chi connectivity index (χ3n) is 5.14. The summed E-state index contributed by atoms with van der Waals surface area (Å²) in [5, 5.41) is 3.06. The van der Waals surface area contributed by atoms with Gasteiger partial charge in [0.2, 0.25) is 5.91 Å². The van der Waals surface area contributed by atoms with Crippen LogP contribution in [0.5, 0.6) is 0 Å². The van der Waals surface area contributed by atoms with Gasteiger partial charge in [0.1, 0.15) is 6.54 Å². The van der Waals surface area contributed by atoms with Crippen molar-refractivity contribution >= 4 is 51.8 Å². The van der Waals surface area contributed by atoms with E-state index in [2.05, 4.69) is 5.32 Å². The molecule has 9 heteroatoms. The number of carbonyl (C=O) groups is 4. The third kappa shape index (κ3) is 4.83. The number of nitrogens with zero attached hydrogens (tertiary/aromatic N) is 2. The molecule has 1 aromatic heterocycles. The van der Waals surface area contributed by atoms with E-state index < -0.39 is 5.97 Å². The Morgan fingerprint density at radius 2 is 1.79 bits per heavy atom. The number of methoxy groups -OCH3 is 1. The number of amides is 3. The first-order valence-corrected chi connectivity index (χ1v) is 11.0. The van der Waals surface area contributed by atoms with Gasteiger partial charge in [0.05, 0.1) is 17.6 Å². The molecule has 4 rings (SSSR count). The van der Waals surface area contributed by atoms with E-state index in [0.29, 0.717) is 15.9 Å². The smallest absolute Gasteiger partial charge is 0.340 e. The predicted octanol–water partition coefficient (Wildman–Crippen LogP) is 3.28. The molecule has 0 spiro atoms. The van der Waals surface area contributed by atoms with Crippen molar-refractivity contribution in [1.29, 1.82) is 0 Å². The molecule has 1 fully saturated rings. The van der Waals surface area contributed by atoms with Crippen molar-refractivity contribution in [2.75, 3.05) is 20.2 Å². The molecule has 1 aliphatic rings. The predicted molar refractivity (Wildman–Crippen MR) is 125 cm³/mol. The van der Waals surface area contributed by atoms with E-state index in [0.717, 1.165) is 27.7 Å². The molecule has 0 bridgehead atoms. The van der Waals surface area contributed by atoms with Crippen LogP contribution in [0.15, 0.2) is 65.7 Å². The largest absolute Gasteiger partial charge is 0.465 e. The minimum Gasteiger partial charge on any atom is -0.465 e. The van der Waals surface area contributed by atoms with Gasteiger partial charge in [-0.25, -0.2) is 4.79 Å². The molecule has 0 radical (unpaired) electrons. The summed E-state index contributed by atoms with van der Waals surface area (Å²) in [6.07, 6.45) is 3.26. The summed E-state index contributed by atoms with van der Waals surface area (Å²) >= 11 is 0.885. The number of rotatable bonds is 7. The highest BCUT2D eigenvalue weighted by Crippen LogP contribution is 2.31. The molecule has 0 saturated carbocycles. The molecular formula is C24H21N3O5S. The van der Waals surface area contributed by atoms with E-state index in [-0.39, 0.29) is 36.7 Å². The van der Waals surface area contributed by atoms with Gasteiger partial charge in [0, 0.05) is 30.2 Å². The van der Waals surface area contributed by atoms with Crippen LogP contribution in [0.3, 0.4) is 0 Å². The van der Waals surface area contributed by atoms with Crippen LogP contribution in [0.1, 0.15) is 15.9 Å². The quantitative estimate of drug-likeness (QED) is 0.427. The zero-order valence-corrected chi connectivity index (χ0v) is 18.6. The van der Waals surface area contributed by atoms with Gasteiger partial charge in [-0.15, -0.1) is 0 Å². The average Bonchev–Trinajstić information content (AvgIpc) is 3.31. The topological polar surface area (TPSA) is 97.7 Å². The number of para-hydroxylation sites is 1. The first-order chi connectivity index (χ1) is 16.0. The van der Waals surface area contributed by atoms with Gasteiger partial charge in [-0.2, -0.15) is 0 Å². The lowest BCUT2D eigenvalue weighted by Crippen LogP contribution is -2.38. The monoisotopic (exact) mass is 463 g/mol. The average molecular weight is 464 g/mol. The molecule has 3 aromatic rings. The van der Waals surface area contributed by atoms with Crippen LogP contribution < -0.4 is 5.32 Å². The Bertz CT molecular complexity index is 1270. The van der Waals surface area contributed by atoms with Crippen molar-refractivity contribution in [1.82, 2.24) is 14.8 Å². The van der Waals surface area contributed by atoms with Crippen LogP contribution in [0, 0.1) is 0 Å². The standard InChI is InChI=1S/C24H21N3O5S/c1-32-23(30)18-14-26(19-10-6-5-9-17(18)19)15-21(28)25-11-12-27-22(29)20(33-24(27)31)13-16-7-3-2-4-8-16/h2-10,13-14H,11-12,15H2,1H3,(H,25,28)/b20-13-. The number of esters is 1. The normalized spacial score (nSPS) is 14.8. The van der Waals surface area contributed by atoms with Gasteiger partial charge in [0.25, 0.3) is 11.1 Å². The van der Waals surface area contributed by atoms with Gasteiger partial charge in [-0.3, -0.25) is 19.3 Å². The van der Waals surface area contributed by atoms with Gasteiger partial charge < -0.3 is 14.6 Å². The number of fused-ring (bicyclic) bond motifs is 1. The molecule has 1 aliphatic heterocycles. The Labute approximate surface area is 194 Å². The molecule has 0 aliphatic carbocycles. The highest BCUT2D eigenvalue weighted by Gasteiger charge is 2.34.